The molecule has 1 aliphatic rings. The predicted molar refractivity (Wildman–Crippen MR) is 64.1 cm³/mol. The van der Waals surface area contributed by atoms with Crippen LogP contribution in [0.1, 0.15) is 24.1 Å². The van der Waals surface area contributed by atoms with Gasteiger partial charge in [-0.05, 0) is 25.0 Å². The zero-order chi connectivity index (χ0) is 13.7. The predicted octanol–water partition coefficient (Wildman–Crippen LogP) is 3.04. The van der Waals surface area contributed by atoms with E-state index in [9.17, 15) is 13.2 Å². The van der Waals surface area contributed by atoms with Gasteiger partial charge in [0.05, 0.1) is 22.5 Å². The number of aromatic nitrogens is 2. The summed E-state index contributed by atoms with van der Waals surface area (Å²) in [4.78, 5) is 0. The Morgan fingerprint density at radius 2 is 1.89 bits per heavy atom. The van der Waals surface area contributed by atoms with Crippen LogP contribution in [0.5, 0.6) is 0 Å². The molecule has 1 aliphatic carbocycles. The Kier molecular flexibility index (Phi) is 2.47. The first-order chi connectivity index (χ1) is 8.90. The molecule has 0 radical (unpaired) electrons. The highest BCUT2D eigenvalue weighted by Crippen LogP contribution is 2.43. The Morgan fingerprint density at radius 1 is 1.21 bits per heavy atom. The van der Waals surface area contributed by atoms with Crippen LogP contribution in [0.25, 0.3) is 11.3 Å². The maximum Gasteiger partial charge on any atom is 0.417 e. The number of rotatable bonds is 2. The topological polar surface area (TPSA) is 54.7 Å². The molecule has 19 heavy (non-hydrogen) atoms. The van der Waals surface area contributed by atoms with Crippen molar-refractivity contribution in [1.29, 1.82) is 0 Å². The second-order valence-corrected chi connectivity index (χ2v) is 4.87. The Morgan fingerprint density at radius 3 is 2.53 bits per heavy atom. The first kappa shape index (κ1) is 12.2. The van der Waals surface area contributed by atoms with E-state index >= 15 is 0 Å². The third-order valence-corrected chi connectivity index (χ3v) is 3.41. The molecule has 0 bridgehead atoms. The van der Waals surface area contributed by atoms with Crippen molar-refractivity contribution in [3.63, 3.8) is 0 Å². The number of alkyl halides is 3. The fraction of sp³-hybridized carbons (Fsp3) is 0.308. The smallest absolute Gasteiger partial charge is 0.320 e. The number of hydrogen-bond donors (Lipinski definition) is 2. The standard InChI is InChI=1S/C13H12F3N3/c14-13(15,16)9-4-2-1-3-8(9)10-7-11(19-18-10)12(17)5-6-12/h1-4,7H,5-6,17H2,(H,18,19). The molecule has 0 spiro atoms. The highest BCUT2D eigenvalue weighted by atomic mass is 19.4. The maximum absolute atomic E-state index is 12.9. The molecule has 3 nitrogen and oxygen atoms in total. The van der Waals surface area contributed by atoms with Gasteiger partial charge in [-0.15, -0.1) is 0 Å². The molecule has 1 aromatic heterocycles. The second kappa shape index (κ2) is 3.84. The summed E-state index contributed by atoms with van der Waals surface area (Å²) in [6.45, 7) is 0. The van der Waals surface area contributed by atoms with Crippen LogP contribution >= 0.6 is 0 Å². The van der Waals surface area contributed by atoms with Crippen LogP contribution in [0.3, 0.4) is 0 Å². The van der Waals surface area contributed by atoms with E-state index in [1.807, 2.05) is 0 Å². The summed E-state index contributed by atoms with van der Waals surface area (Å²) in [6.07, 6.45) is -2.74. The maximum atomic E-state index is 12.9. The van der Waals surface area contributed by atoms with Crippen LogP contribution in [-0.4, -0.2) is 10.2 Å². The molecule has 2 aromatic rings. The van der Waals surface area contributed by atoms with Crippen molar-refractivity contribution in [2.45, 2.75) is 24.6 Å². The van der Waals surface area contributed by atoms with Gasteiger partial charge in [-0.3, -0.25) is 5.10 Å². The third kappa shape index (κ3) is 2.12. The zero-order valence-corrected chi connectivity index (χ0v) is 9.96. The lowest BCUT2D eigenvalue weighted by Crippen LogP contribution is -2.18. The molecular weight excluding hydrogens is 255 g/mol. The second-order valence-electron chi connectivity index (χ2n) is 4.87. The third-order valence-electron chi connectivity index (χ3n) is 3.41. The molecule has 0 atom stereocenters. The van der Waals surface area contributed by atoms with Gasteiger partial charge in [0.1, 0.15) is 0 Å². The van der Waals surface area contributed by atoms with Crippen molar-refractivity contribution >= 4 is 0 Å². The molecule has 0 unspecified atom stereocenters. The van der Waals surface area contributed by atoms with Gasteiger partial charge in [0.25, 0.3) is 0 Å². The van der Waals surface area contributed by atoms with Crippen LogP contribution in [0.15, 0.2) is 30.3 Å². The quantitative estimate of drug-likeness (QED) is 0.878. The molecule has 100 valence electrons. The molecule has 1 fully saturated rings. The molecule has 1 aromatic carbocycles. The number of nitrogens with one attached hydrogen (secondary N) is 1. The molecule has 1 saturated carbocycles. The first-order valence-corrected chi connectivity index (χ1v) is 5.91. The Labute approximate surface area is 107 Å². The number of hydrogen-bond acceptors (Lipinski definition) is 2. The Bertz CT molecular complexity index is 612. The number of nitrogens with two attached hydrogens (primary N) is 1. The number of halogens is 3. The summed E-state index contributed by atoms with van der Waals surface area (Å²) in [7, 11) is 0. The van der Waals surface area contributed by atoms with E-state index in [1.54, 1.807) is 12.1 Å². The molecule has 3 rings (SSSR count). The zero-order valence-electron chi connectivity index (χ0n) is 9.96. The van der Waals surface area contributed by atoms with Gasteiger partial charge >= 0.3 is 6.18 Å². The summed E-state index contributed by atoms with van der Waals surface area (Å²) in [5, 5.41) is 6.71. The first-order valence-electron chi connectivity index (χ1n) is 5.91. The largest absolute Gasteiger partial charge is 0.417 e. The highest BCUT2D eigenvalue weighted by molar-refractivity contribution is 5.65. The normalized spacial score (nSPS) is 17.5. The van der Waals surface area contributed by atoms with E-state index in [-0.39, 0.29) is 11.3 Å². The summed E-state index contributed by atoms with van der Waals surface area (Å²) < 4.78 is 38.8. The van der Waals surface area contributed by atoms with Crippen LogP contribution in [0, 0.1) is 0 Å². The average molecular weight is 267 g/mol. The average Bonchev–Trinajstić information content (AvgIpc) is 2.93. The van der Waals surface area contributed by atoms with Crippen molar-refractivity contribution < 1.29 is 13.2 Å². The van der Waals surface area contributed by atoms with E-state index in [1.165, 1.54) is 12.1 Å². The number of nitrogens with zero attached hydrogens (tertiary/aromatic N) is 1. The molecule has 0 amide bonds. The van der Waals surface area contributed by atoms with Crippen LogP contribution in [-0.2, 0) is 11.7 Å². The van der Waals surface area contributed by atoms with Crippen molar-refractivity contribution in [2.75, 3.05) is 0 Å². The molecular formula is C13H12F3N3. The number of benzene rings is 1. The number of H-pyrrole nitrogens is 1. The van der Waals surface area contributed by atoms with Gasteiger partial charge in [-0.25, -0.2) is 0 Å². The molecule has 0 aliphatic heterocycles. The van der Waals surface area contributed by atoms with Gasteiger partial charge in [0, 0.05) is 5.56 Å². The van der Waals surface area contributed by atoms with E-state index in [2.05, 4.69) is 10.2 Å². The van der Waals surface area contributed by atoms with Gasteiger partial charge in [0.2, 0.25) is 0 Å². The fourth-order valence-corrected chi connectivity index (χ4v) is 2.07. The van der Waals surface area contributed by atoms with Crippen molar-refractivity contribution in [3.8, 4) is 11.3 Å². The lowest BCUT2D eigenvalue weighted by atomic mass is 10.0. The van der Waals surface area contributed by atoms with E-state index in [0.717, 1.165) is 18.9 Å². The lowest BCUT2D eigenvalue weighted by molar-refractivity contribution is -0.137. The molecule has 6 heteroatoms. The van der Waals surface area contributed by atoms with Crippen molar-refractivity contribution in [3.05, 3.63) is 41.6 Å². The summed E-state index contributed by atoms with van der Waals surface area (Å²) in [5.74, 6) is 0. The highest BCUT2D eigenvalue weighted by Gasteiger charge is 2.42. The summed E-state index contributed by atoms with van der Waals surface area (Å²) >= 11 is 0. The summed E-state index contributed by atoms with van der Waals surface area (Å²) in [6, 6.07) is 7.01. The number of aromatic amines is 1. The van der Waals surface area contributed by atoms with E-state index < -0.39 is 17.3 Å². The van der Waals surface area contributed by atoms with Crippen LogP contribution in [0.2, 0.25) is 0 Å². The molecule has 1 heterocycles. The SMILES string of the molecule is NC1(c2cc(-c3ccccc3C(F)(F)F)n[nH]2)CC1. The van der Waals surface area contributed by atoms with Crippen LogP contribution in [0.4, 0.5) is 13.2 Å². The lowest BCUT2D eigenvalue weighted by Gasteiger charge is -2.10. The van der Waals surface area contributed by atoms with Gasteiger partial charge in [-0.2, -0.15) is 18.3 Å². The minimum absolute atomic E-state index is 0.0711. The summed E-state index contributed by atoms with van der Waals surface area (Å²) in [5.41, 5.74) is 5.91. The minimum atomic E-state index is -4.39. The molecule has 3 N–H and O–H groups in total. The Balaban J connectivity index is 2.05. The van der Waals surface area contributed by atoms with Crippen LogP contribution < -0.4 is 5.73 Å². The molecule has 0 saturated heterocycles. The van der Waals surface area contributed by atoms with E-state index in [0.29, 0.717) is 5.69 Å². The van der Waals surface area contributed by atoms with Crippen molar-refractivity contribution in [2.24, 2.45) is 5.73 Å². The fourth-order valence-electron chi connectivity index (χ4n) is 2.07. The minimum Gasteiger partial charge on any atom is -0.320 e. The van der Waals surface area contributed by atoms with Gasteiger partial charge < -0.3 is 5.73 Å². The van der Waals surface area contributed by atoms with E-state index in [4.69, 9.17) is 5.73 Å². The monoisotopic (exact) mass is 267 g/mol. The van der Waals surface area contributed by atoms with Crippen molar-refractivity contribution in [1.82, 2.24) is 10.2 Å². The van der Waals surface area contributed by atoms with Gasteiger partial charge in [0.15, 0.2) is 0 Å². The van der Waals surface area contributed by atoms with Gasteiger partial charge in [-0.1, -0.05) is 18.2 Å². The Hall–Kier alpha value is -1.82.